The Balaban J connectivity index is 1.59. The van der Waals surface area contributed by atoms with Gasteiger partial charge in [0.15, 0.2) is 0 Å². The van der Waals surface area contributed by atoms with Gasteiger partial charge in [-0.3, -0.25) is 0 Å². The van der Waals surface area contributed by atoms with E-state index < -0.39 is 0 Å². The number of aryl methyl sites for hydroxylation is 1. The maximum absolute atomic E-state index is 4.50. The standard InChI is InChI=1S/C20H20N2/c1-16-7-9-17(10-8-16)13-19-11-12-20(22-15-19)21-14-18-5-3-2-4-6-18/h2-12,15H,13-14H2,1H3,(H,21,22). The number of aromatic nitrogens is 1. The molecule has 0 spiro atoms. The molecule has 0 saturated heterocycles. The smallest absolute Gasteiger partial charge is 0.126 e. The number of rotatable bonds is 5. The topological polar surface area (TPSA) is 24.9 Å². The van der Waals surface area contributed by atoms with Crippen molar-refractivity contribution >= 4 is 5.82 Å². The highest BCUT2D eigenvalue weighted by Crippen LogP contribution is 2.12. The summed E-state index contributed by atoms with van der Waals surface area (Å²) < 4.78 is 0. The molecule has 0 unspecified atom stereocenters. The van der Waals surface area contributed by atoms with Gasteiger partial charge in [-0.05, 0) is 36.1 Å². The first kappa shape index (κ1) is 14.3. The van der Waals surface area contributed by atoms with E-state index >= 15 is 0 Å². The Hall–Kier alpha value is -2.61. The molecule has 0 aliphatic rings. The van der Waals surface area contributed by atoms with E-state index in [9.17, 15) is 0 Å². The Morgan fingerprint density at radius 1 is 0.773 bits per heavy atom. The van der Waals surface area contributed by atoms with Crippen LogP contribution in [0.2, 0.25) is 0 Å². The second-order valence-electron chi connectivity index (χ2n) is 5.55. The summed E-state index contributed by atoms with van der Waals surface area (Å²) in [5.41, 5.74) is 5.10. The zero-order valence-electron chi connectivity index (χ0n) is 12.8. The van der Waals surface area contributed by atoms with Crippen molar-refractivity contribution in [1.82, 2.24) is 4.98 Å². The van der Waals surface area contributed by atoms with Crippen LogP contribution in [0.25, 0.3) is 0 Å². The van der Waals surface area contributed by atoms with Gasteiger partial charge >= 0.3 is 0 Å². The summed E-state index contributed by atoms with van der Waals surface area (Å²) in [6.45, 7) is 2.91. The molecule has 22 heavy (non-hydrogen) atoms. The Morgan fingerprint density at radius 3 is 2.18 bits per heavy atom. The number of nitrogens with zero attached hydrogens (tertiary/aromatic N) is 1. The Labute approximate surface area is 131 Å². The van der Waals surface area contributed by atoms with Crippen LogP contribution in [-0.4, -0.2) is 4.98 Å². The number of anilines is 1. The number of hydrogen-bond acceptors (Lipinski definition) is 2. The monoisotopic (exact) mass is 288 g/mol. The van der Waals surface area contributed by atoms with Crippen molar-refractivity contribution in [2.45, 2.75) is 19.9 Å². The van der Waals surface area contributed by atoms with Crippen molar-refractivity contribution in [2.24, 2.45) is 0 Å². The fourth-order valence-corrected chi connectivity index (χ4v) is 2.36. The van der Waals surface area contributed by atoms with Crippen LogP contribution in [0, 0.1) is 6.92 Å². The minimum atomic E-state index is 0.797. The Morgan fingerprint density at radius 2 is 1.50 bits per heavy atom. The largest absolute Gasteiger partial charge is 0.366 e. The maximum atomic E-state index is 4.50. The lowest BCUT2D eigenvalue weighted by Crippen LogP contribution is -2.01. The molecule has 2 aromatic carbocycles. The van der Waals surface area contributed by atoms with Crippen LogP contribution in [0.5, 0.6) is 0 Å². The van der Waals surface area contributed by atoms with Gasteiger partial charge in [0.2, 0.25) is 0 Å². The van der Waals surface area contributed by atoms with Gasteiger partial charge in [0, 0.05) is 12.7 Å². The Bertz CT molecular complexity index is 701. The molecular weight excluding hydrogens is 268 g/mol. The van der Waals surface area contributed by atoms with Crippen molar-refractivity contribution in [3.05, 3.63) is 95.2 Å². The number of hydrogen-bond donors (Lipinski definition) is 1. The highest BCUT2D eigenvalue weighted by Gasteiger charge is 1.99. The van der Waals surface area contributed by atoms with Crippen molar-refractivity contribution in [2.75, 3.05) is 5.32 Å². The molecule has 110 valence electrons. The van der Waals surface area contributed by atoms with E-state index in [1.165, 1.54) is 22.3 Å². The van der Waals surface area contributed by atoms with Gasteiger partial charge in [0.25, 0.3) is 0 Å². The molecule has 0 aliphatic carbocycles. The van der Waals surface area contributed by atoms with Crippen molar-refractivity contribution in [3.63, 3.8) is 0 Å². The lowest BCUT2D eigenvalue weighted by atomic mass is 10.1. The van der Waals surface area contributed by atoms with E-state index in [0.717, 1.165) is 18.8 Å². The summed E-state index contributed by atoms with van der Waals surface area (Å²) in [5, 5.41) is 3.35. The predicted octanol–water partition coefficient (Wildman–Crippen LogP) is 4.59. The quantitative estimate of drug-likeness (QED) is 0.742. The minimum Gasteiger partial charge on any atom is -0.366 e. The van der Waals surface area contributed by atoms with Crippen LogP contribution >= 0.6 is 0 Å². The summed E-state index contributed by atoms with van der Waals surface area (Å²) >= 11 is 0. The fraction of sp³-hybridized carbons (Fsp3) is 0.150. The number of pyridine rings is 1. The molecule has 2 heteroatoms. The molecule has 1 N–H and O–H groups in total. The van der Waals surface area contributed by atoms with Gasteiger partial charge in [-0.1, -0.05) is 66.2 Å². The lowest BCUT2D eigenvalue weighted by Gasteiger charge is -2.07. The van der Waals surface area contributed by atoms with Gasteiger partial charge in [0.05, 0.1) is 0 Å². The molecule has 1 aromatic heterocycles. The molecule has 2 nitrogen and oxygen atoms in total. The first-order chi connectivity index (χ1) is 10.8. The first-order valence-electron chi connectivity index (χ1n) is 7.58. The van der Waals surface area contributed by atoms with E-state index in [4.69, 9.17) is 0 Å². The fourth-order valence-electron chi connectivity index (χ4n) is 2.36. The maximum Gasteiger partial charge on any atom is 0.126 e. The SMILES string of the molecule is Cc1ccc(Cc2ccc(NCc3ccccc3)nc2)cc1. The third kappa shape index (κ3) is 3.95. The number of benzene rings is 2. The van der Waals surface area contributed by atoms with Gasteiger partial charge in [-0.25, -0.2) is 4.98 Å². The molecule has 3 rings (SSSR count). The average molecular weight is 288 g/mol. The molecular formula is C20H20N2. The molecule has 0 aliphatic heterocycles. The molecule has 1 heterocycles. The second-order valence-corrected chi connectivity index (χ2v) is 5.55. The lowest BCUT2D eigenvalue weighted by molar-refractivity contribution is 1.09. The summed E-state index contributed by atoms with van der Waals surface area (Å²) in [6.07, 6.45) is 2.87. The predicted molar refractivity (Wildman–Crippen MR) is 92.0 cm³/mol. The summed E-state index contributed by atoms with van der Waals surface area (Å²) in [5.74, 6) is 0.913. The molecule has 0 amide bonds. The minimum absolute atomic E-state index is 0.797. The molecule has 0 saturated carbocycles. The third-order valence-electron chi connectivity index (χ3n) is 3.67. The van der Waals surface area contributed by atoms with Crippen LogP contribution in [0.1, 0.15) is 22.3 Å². The molecule has 0 bridgehead atoms. The third-order valence-corrected chi connectivity index (χ3v) is 3.67. The highest BCUT2D eigenvalue weighted by molar-refractivity contribution is 5.38. The first-order valence-corrected chi connectivity index (χ1v) is 7.58. The molecule has 3 aromatic rings. The van der Waals surface area contributed by atoms with Crippen LogP contribution < -0.4 is 5.32 Å². The number of nitrogens with one attached hydrogen (secondary N) is 1. The van der Waals surface area contributed by atoms with Gasteiger partial charge in [-0.15, -0.1) is 0 Å². The zero-order chi connectivity index (χ0) is 15.2. The van der Waals surface area contributed by atoms with E-state index in [-0.39, 0.29) is 0 Å². The van der Waals surface area contributed by atoms with Gasteiger partial charge in [0.1, 0.15) is 5.82 Å². The van der Waals surface area contributed by atoms with Gasteiger partial charge in [-0.2, -0.15) is 0 Å². The molecule has 0 atom stereocenters. The van der Waals surface area contributed by atoms with E-state index in [1.54, 1.807) is 0 Å². The summed E-state index contributed by atoms with van der Waals surface area (Å²) in [7, 11) is 0. The summed E-state index contributed by atoms with van der Waals surface area (Å²) in [4.78, 5) is 4.50. The van der Waals surface area contributed by atoms with Crippen molar-refractivity contribution in [1.29, 1.82) is 0 Å². The van der Waals surface area contributed by atoms with Gasteiger partial charge < -0.3 is 5.32 Å². The van der Waals surface area contributed by atoms with E-state index in [2.05, 4.69) is 71.8 Å². The molecule has 0 fully saturated rings. The Kier molecular flexibility index (Phi) is 4.50. The van der Waals surface area contributed by atoms with Crippen LogP contribution in [0.4, 0.5) is 5.82 Å². The van der Waals surface area contributed by atoms with Crippen LogP contribution in [-0.2, 0) is 13.0 Å². The average Bonchev–Trinajstić information content (AvgIpc) is 2.57. The van der Waals surface area contributed by atoms with Crippen molar-refractivity contribution < 1.29 is 0 Å². The highest BCUT2D eigenvalue weighted by atomic mass is 15.0. The summed E-state index contributed by atoms with van der Waals surface area (Å²) in [6, 6.07) is 23.2. The normalized spacial score (nSPS) is 10.4. The second kappa shape index (κ2) is 6.90. The van der Waals surface area contributed by atoms with Crippen LogP contribution in [0.15, 0.2) is 72.9 Å². The van der Waals surface area contributed by atoms with E-state index in [1.807, 2.05) is 18.3 Å². The van der Waals surface area contributed by atoms with Crippen molar-refractivity contribution in [3.8, 4) is 0 Å². The van der Waals surface area contributed by atoms with E-state index in [0.29, 0.717) is 0 Å². The molecule has 0 radical (unpaired) electrons. The zero-order valence-corrected chi connectivity index (χ0v) is 12.8. The van der Waals surface area contributed by atoms with Crippen LogP contribution in [0.3, 0.4) is 0 Å².